The summed E-state index contributed by atoms with van der Waals surface area (Å²) in [4.78, 5) is 17.8. The summed E-state index contributed by atoms with van der Waals surface area (Å²) in [7, 11) is 0. The normalized spacial score (nSPS) is 10.8. The second kappa shape index (κ2) is 4.94. The first-order valence-electron chi connectivity index (χ1n) is 6.26. The molecule has 3 aromatic rings. The lowest BCUT2D eigenvalue weighted by Gasteiger charge is -2.05. The van der Waals surface area contributed by atoms with Gasteiger partial charge in [-0.25, -0.2) is 0 Å². The molecule has 0 aliphatic carbocycles. The van der Waals surface area contributed by atoms with Crippen LogP contribution in [-0.2, 0) is 6.42 Å². The molecular formula is C16H13NOS. The largest absolute Gasteiger partial charge is 0.288 e. The van der Waals surface area contributed by atoms with Crippen LogP contribution in [-0.4, -0.2) is 10.8 Å². The number of aromatic nitrogens is 1. The van der Waals surface area contributed by atoms with E-state index in [0.717, 1.165) is 33.3 Å². The summed E-state index contributed by atoms with van der Waals surface area (Å²) in [5.41, 5.74) is 2.72. The standard InChI is InChI=1S/C16H13NOS/c1-2-11-8-10-19-16(11)15(18)13-5-3-7-14-12(13)6-4-9-17-14/h3-10H,2H2,1H3. The molecule has 0 spiro atoms. The first kappa shape index (κ1) is 12.1. The van der Waals surface area contributed by atoms with Crippen molar-refractivity contribution >= 4 is 28.0 Å². The van der Waals surface area contributed by atoms with E-state index in [1.807, 2.05) is 41.8 Å². The third kappa shape index (κ3) is 2.06. The summed E-state index contributed by atoms with van der Waals surface area (Å²) < 4.78 is 0. The van der Waals surface area contributed by atoms with Gasteiger partial charge < -0.3 is 0 Å². The number of hydrogen-bond acceptors (Lipinski definition) is 3. The van der Waals surface area contributed by atoms with E-state index in [-0.39, 0.29) is 5.78 Å². The number of rotatable bonds is 3. The summed E-state index contributed by atoms with van der Waals surface area (Å²) in [5.74, 6) is 0.102. The zero-order valence-electron chi connectivity index (χ0n) is 10.6. The highest BCUT2D eigenvalue weighted by atomic mass is 32.1. The quantitative estimate of drug-likeness (QED) is 0.669. The van der Waals surface area contributed by atoms with Crippen molar-refractivity contribution in [1.82, 2.24) is 4.98 Å². The van der Waals surface area contributed by atoms with Gasteiger partial charge in [0.15, 0.2) is 0 Å². The van der Waals surface area contributed by atoms with Crippen molar-refractivity contribution in [2.45, 2.75) is 13.3 Å². The van der Waals surface area contributed by atoms with Crippen molar-refractivity contribution in [3.63, 3.8) is 0 Å². The van der Waals surface area contributed by atoms with Crippen molar-refractivity contribution in [1.29, 1.82) is 0 Å². The number of carbonyl (C=O) groups excluding carboxylic acids is 1. The number of hydrogen-bond donors (Lipinski definition) is 0. The molecule has 19 heavy (non-hydrogen) atoms. The Labute approximate surface area is 115 Å². The van der Waals surface area contributed by atoms with Crippen LogP contribution in [0.25, 0.3) is 10.9 Å². The van der Waals surface area contributed by atoms with Gasteiger partial charge in [0.25, 0.3) is 0 Å². The minimum Gasteiger partial charge on any atom is -0.288 e. The van der Waals surface area contributed by atoms with Gasteiger partial charge >= 0.3 is 0 Å². The highest BCUT2D eigenvalue weighted by Crippen LogP contribution is 2.25. The number of nitrogens with zero attached hydrogens (tertiary/aromatic N) is 1. The van der Waals surface area contributed by atoms with Crippen molar-refractivity contribution in [2.24, 2.45) is 0 Å². The molecule has 0 aliphatic heterocycles. The molecule has 2 heterocycles. The zero-order valence-corrected chi connectivity index (χ0v) is 11.4. The van der Waals surface area contributed by atoms with Crippen LogP contribution in [0, 0.1) is 0 Å². The lowest BCUT2D eigenvalue weighted by molar-refractivity contribution is 0.104. The van der Waals surface area contributed by atoms with Crippen LogP contribution in [0.4, 0.5) is 0 Å². The Balaban J connectivity index is 2.17. The average Bonchev–Trinajstić information content (AvgIpc) is 2.94. The van der Waals surface area contributed by atoms with Gasteiger partial charge in [-0.05, 0) is 35.6 Å². The topological polar surface area (TPSA) is 30.0 Å². The summed E-state index contributed by atoms with van der Waals surface area (Å²) in [6.07, 6.45) is 2.63. The van der Waals surface area contributed by atoms with E-state index in [1.54, 1.807) is 6.20 Å². The molecule has 0 fully saturated rings. The van der Waals surface area contributed by atoms with E-state index >= 15 is 0 Å². The van der Waals surface area contributed by atoms with E-state index in [1.165, 1.54) is 11.3 Å². The Hall–Kier alpha value is -2.00. The number of carbonyl (C=O) groups is 1. The van der Waals surface area contributed by atoms with E-state index in [0.29, 0.717) is 0 Å². The Morgan fingerprint density at radius 2 is 2.11 bits per heavy atom. The number of thiophene rings is 1. The molecule has 0 radical (unpaired) electrons. The van der Waals surface area contributed by atoms with Crippen molar-refractivity contribution in [3.8, 4) is 0 Å². The molecule has 2 aromatic heterocycles. The number of benzene rings is 1. The molecule has 1 aromatic carbocycles. The van der Waals surface area contributed by atoms with Gasteiger partial charge in [-0.3, -0.25) is 9.78 Å². The highest BCUT2D eigenvalue weighted by Gasteiger charge is 2.16. The molecule has 3 heteroatoms. The third-order valence-corrected chi connectivity index (χ3v) is 4.18. The van der Waals surface area contributed by atoms with Gasteiger partial charge in [0, 0.05) is 17.1 Å². The van der Waals surface area contributed by atoms with Crippen molar-refractivity contribution in [3.05, 3.63) is 64.0 Å². The second-order valence-electron chi connectivity index (χ2n) is 4.33. The predicted molar refractivity (Wildman–Crippen MR) is 78.9 cm³/mol. The molecule has 0 unspecified atom stereocenters. The van der Waals surface area contributed by atoms with Gasteiger partial charge in [0.1, 0.15) is 0 Å². The van der Waals surface area contributed by atoms with Crippen molar-refractivity contribution < 1.29 is 4.79 Å². The number of pyridine rings is 1. The maximum absolute atomic E-state index is 12.7. The van der Waals surface area contributed by atoms with E-state index in [2.05, 4.69) is 11.9 Å². The molecule has 0 N–H and O–H groups in total. The van der Waals surface area contributed by atoms with Crippen LogP contribution in [0.1, 0.15) is 27.7 Å². The van der Waals surface area contributed by atoms with E-state index < -0.39 is 0 Å². The van der Waals surface area contributed by atoms with Crippen LogP contribution in [0.3, 0.4) is 0 Å². The first-order chi connectivity index (χ1) is 9.31. The molecule has 0 atom stereocenters. The minimum atomic E-state index is 0.102. The number of fused-ring (bicyclic) bond motifs is 1. The molecule has 2 nitrogen and oxygen atoms in total. The molecule has 3 rings (SSSR count). The van der Waals surface area contributed by atoms with Gasteiger partial charge in [0.2, 0.25) is 5.78 Å². The van der Waals surface area contributed by atoms with Gasteiger partial charge in [-0.15, -0.1) is 11.3 Å². The third-order valence-electron chi connectivity index (χ3n) is 3.22. The van der Waals surface area contributed by atoms with E-state index in [4.69, 9.17) is 0 Å². The Morgan fingerprint density at radius 3 is 2.95 bits per heavy atom. The fraction of sp³-hybridized carbons (Fsp3) is 0.125. The van der Waals surface area contributed by atoms with Crippen molar-refractivity contribution in [2.75, 3.05) is 0 Å². The predicted octanol–water partition coefficient (Wildman–Crippen LogP) is 4.09. The fourth-order valence-electron chi connectivity index (χ4n) is 2.24. The van der Waals surface area contributed by atoms with Crippen LogP contribution < -0.4 is 0 Å². The lowest BCUT2D eigenvalue weighted by atomic mass is 10.0. The van der Waals surface area contributed by atoms with Gasteiger partial charge in [-0.2, -0.15) is 0 Å². The number of aryl methyl sites for hydroxylation is 1. The monoisotopic (exact) mass is 267 g/mol. The Kier molecular flexibility index (Phi) is 3.13. The molecule has 0 bridgehead atoms. The average molecular weight is 267 g/mol. The fourth-order valence-corrected chi connectivity index (χ4v) is 3.19. The van der Waals surface area contributed by atoms with E-state index in [9.17, 15) is 4.79 Å². The zero-order chi connectivity index (χ0) is 13.2. The van der Waals surface area contributed by atoms with Gasteiger partial charge in [-0.1, -0.05) is 25.1 Å². The van der Waals surface area contributed by atoms with Gasteiger partial charge in [0.05, 0.1) is 10.4 Å². The second-order valence-corrected chi connectivity index (χ2v) is 5.25. The maximum atomic E-state index is 12.7. The molecule has 94 valence electrons. The summed E-state index contributed by atoms with van der Waals surface area (Å²) >= 11 is 1.52. The minimum absolute atomic E-state index is 0.102. The molecule has 0 saturated carbocycles. The Morgan fingerprint density at radius 1 is 1.21 bits per heavy atom. The van der Waals surface area contributed by atoms with Crippen LogP contribution in [0.2, 0.25) is 0 Å². The lowest BCUT2D eigenvalue weighted by Crippen LogP contribution is -2.02. The summed E-state index contributed by atoms with van der Waals surface area (Å²) in [6, 6.07) is 11.6. The molecular weight excluding hydrogens is 254 g/mol. The first-order valence-corrected chi connectivity index (χ1v) is 7.14. The molecule has 0 aliphatic rings. The highest BCUT2D eigenvalue weighted by molar-refractivity contribution is 7.12. The smallest absolute Gasteiger partial charge is 0.203 e. The summed E-state index contributed by atoms with van der Waals surface area (Å²) in [6.45, 7) is 2.07. The molecule has 0 saturated heterocycles. The van der Waals surface area contributed by atoms with Crippen LogP contribution >= 0.6 is 11.3 Å². The van der Waals surface area contributed by atoms with Crippen LogP contribution in [0.5, 0.6) is 0 Å². The van der Waals surface area contributed by atoms with Crippen LogP contribution in [0.15, 0.2) is 48.0 Å². The molecule has 0 amide bonds. The SMILES string of the molecule is CCc1ccsc1C(=O)c1cccc2ncccc12. The maximum Gasteiger partial charge on any atom is 0.203 e. The number of ketones is 1. The Bertz CT molecular complexity index is 740. The summed E-state index contributed by atoms with van der Waals surface area (Å²) in [5, 5.41) is 2.90.